The van der Waals surface area contributed by atoms with Crippen molar-refractivity contribution in [1.82, 2.24) is 5.32 Å². The quantitative estimate of drug-likeness (QED) is 0.229. The van der Waals surface area contributed by atoms with Gasteiger partial charge in [-0.15, -0.1) is 0 Å². The van der Waals surface area contributed by atoms with E-state index in [2.05, 4.69) is 22.9 Å². The first kappa shape index (κ1) is 25.9. The van der Waals surface area contributed by atoms with E-state index in [0.717, 1.165) is 24.8 Å². The van der Waals surface area contributed by atoms with Crippen molar-refractivity contribution in [3.05, 3.63) is 89.5 Å². The SMILES string of the molecule is CCCCCCOc1ccccc1C(=O)NC(=S)Nc1ccc(NC(=O)c2ccccc2)c(C)c1. The van der Waals surface area contributed by atoms with E-state index >= 15 is 0 Å². The lowest BCUT2D eigenvalue weighted by Gasteiger charge is -2.14. The molecular weight excluding hydrogens is 458 g/mol. The fourth-order valence-electron chi connectivity index (χ4n) is 3.49. The lowest BCUT2D eigenvalue weighted by Crippen LogP contribution is -2.34. The monoisotopic (exact) mass is 489 g/mol. The number of anilines is 2. The maximum atomic E-state index is 12.8. The van der Waals surface area contributed by atoms with Crippen LogP contribution in [0.4, 0.5) is 11.4 Å². The van der Waals surface area contributed by atoms with Gasteiger partial charge in [0, 0.05) is 16.9 Å². The predicted molar refractivity (Wildman–Crippen MR) is 145 cm³/mol. The van der Waals surface area contributed by atoms with Crippen molar-refractivity contribution < 1.29 is 14.3 Å². The number of hydrogen-bond acceptors (Lipinski definition) is 4. The van der Waals surface area contributed by atoms with Crippen LogP contribution in [0.25, 0.3) is 0 Å². The fourth-order valence-corrected chi connectivity index (χ4v) is 3.70. The molecular formula is C28H31N3O3S. The minimum absolute atomic E-state index is 0.174. The number of unbranched alkanes of at least 4 members (excludes halogenated alkanes) is 3. The van der Waals surface area contributed by atoms with Crippen LogP contribution in [0.15, 0.2) is 72.8 Å². The molecule has 0 aliphatic heterocycles. The van der Waals surface area contributed by atoms with E-state index in [4.69, 9.17) is 17.0 Å². The van der Waals surface area contributed by atoms with Crippen molar-refractivity contribution in [2.75, 3.05) is 17.2 Å². The zero-order chi connectivity index (χ0) is 25.0. The summed E-state index contributed by atoms with van der Waals surface area (Å²) in [7, 11) is 0. The summed E-state index contributed by atoms with van der Waals surface area (Å²) in [5, 5.41) is 8.83. The van der Waals surface area contributed by atoms with Crippen LogP contribution in [-0.2, 0) is 0 Å². The van der Waals surface area contributed by atoms with Gasteiger partial charge in [0.2, 0.25) is 0 Å². The zero-order valence-corrected chi connectivity index (χ0v) is 20.9. The minimum atomic E-state index is -0.338. The van der Waals surface area contributed by atoms with Crippen molar-refractivity contribution in [3.8, 4) is 5.75 Å². The highest BCUT2D eigenvalue weighted by Crippen LogP contribution is 2.21. The lowest BCUT2D eigenvalue weighted by molar-refractivity contribution is 0.0972. The third kappa shape index (κ3) is 7.93. The Bertz CT molecular complexity index is 1170. The maximum Gasteiger partial charge on any atom is 0.261 e. The minimum Gasteiger partial charge on any atom is -0.493 e. The molecule has 182 valence electrons. The summed E-state index contributed by atoms with van der Waals surface area (Å²) < 4.78 is 5.84. The van der Waals surface area contributed by atoms with Crippen molar-refractivity contribution >= 4 is 40.5 Å². The number of para-hydroxylation sites is 1. The molecule has 3 aromatic carbocycles. The topological polar surface area (TPSA) is 79.5 Å². The molecule has 6 nitrogen and oxygen atoms in total. The van der Waals surface area contributed by atoms with Gasteiger partial charge in [-0.2, -0.15) is 0 Å². The summed E-state index contributed by atoms with van der Waals surface area (Å²) in [6.45, 7) is 4.62. The Morgan fingerprint density at radius 3 is 2.34 bits per heavy atom. The smallest absolute Gasteiger partial charge is 0.261 e. The van der Waals surface area contributed by atoms with Gasteiger partial charge in [-0.25, -0.2) is 0 Å². The molecule has 0 aromatic heterocycles. The van der Waals surface area contributed by atoms with Crippen LogP contribution in [0.5, 0.6) is 5.75 Å². The van der Waals surface area contributed by atoms with E-state index < -0.39 is 0 Å². The molecule has 0 aliphatic carbocycles. The standard InChI is InChI=1S/C28H31N3O3S/c1-3-4-5-11-18-34-25-15-10-9-14-23(25)27(33)31-28(35)29-22-16-17-24(20(2)19-22)30-26(32)21-12-7-6-8-13-21/h6-10,12-17,19H,3-5,11,18H2,1-2H3,(H,30,32)(H2,29,31,33,35). The Balaban J connectivity index is 1.56. The Kier molecular flexibility index (Phi) is 9.80. The van der Waals surface area contributed by atoms with Gasteiger partial charge in [0.05, 0.1) is 12.2 Å². The maximum absolute atomic E-state index is 12.8. The normalized spacial score (nSPS) is 10.3. The van der Waals surface area contributed by atoms with Crippen LogP contribution in [0.1, 0.15) is 58.9 Å². The molecule has 0 aliphatic rings. The fraction of sp³-hybridized carbons (Fsp3) is 0.250. The number of carbonyl (C=O) groups excluding carboxylic acids is 2. The number of ether oxygens (including phenoxy) is 1. The molecule has 35 heavy (non-hydrogen) atoms. The van der Waals surface area contributed by atoms with Gasteiger partial charge in [0.25, 0.3) is 11.8 Å². The van der Waals surface area contributed by atoms with Crippen LogP contribution >= 0.6 is 12.2 Å². The van der Waals surface area contributed by atoms with Crippen LogP contribution in [-0.4, -0.2) is 23.5 Å². The van der Waals surface area contributed by atoms with Crippen molar-refractivity contribution in [2.24, 2.45) is 0 Å². The molecule has 3 aromatic rings. The highest BCUT2D eigenvalue weighted by molar-refractivity contribution is 7.80. The van der Waals surface area contributed by atoms with Gasteiger partial charge in [0.15, 0.2) is 5.11 Å². The highest BCUT2D eigenvalue weighted by Gasteiger charge is 2.14. The molecule has 0 saturated carbocycles. The summed E-state index contributed by atoms with van der Waals surface area (Å²) in [6.07, 6.45) is 4.39. The molecule has 7 heteroatoms. The van der Waals surface area contributed by atoms with Crippen molar-refractivity contribution in [2.45, 2.75) is 39.5 Å². The summed E-state index contributed by atoms with van der Waals surface area (Å²) in [5.74, 6) is 0.0252. The molecule has 0 heterocycles. The second-order valence-corrected chi connectivity index (χ2v) is 8.57. The number of amides is 2. The molecule has 0 radical (unpaired) electrons. The molecule has 0 atom stereocenters. The first-order valence-corrected chi connectivity index (χ1v) is 12.2. The number of rotatable bonds is 10. The second-order valence-electron chi connectivity index (χ2n) is 8.16. The molecule has 3 N–H and O–H groups in total. The molecule has 0 saturated heterocycles. The van der Waals surface area contributed by atoms with Gasteiger partial charge < -0.3 is 15.4 Å². The summed E-state index contributed by atoms with van der Waals surface area (Å²) in [4.78, 5) is 25.2. The average molecular weight is 490 g/mol. The van der Waals surface area contributed by atoms with E-state index in [1.165, 1.54) is 6.42 Å². The van der Waals surface area contributed by atoms with Crippen LogP contribution in [0.2, 0.25) is 0 Å². The number of nitrogens with one attached hydrogen (secondary N) is 3. The molecule has 0 fully saturated rings. The van der Waals surface area contributed by atoms with Crippen LogP contribution in [0, 0.1) is 6.92 Å². The zero-order valence-electron chi connectivity index (χ0n) is 20.1. The largest absolute Gasteiger partial charge is 0.493 e. The number of hydrogen-bond donors (Lipinski definition) is 3. The van der Waals surface area contributed by atoms with Gasteiger partial charge in [-0.1, -0.05) is 56.5 Å². The van der Waals surface area contributed by atoms with E-state index in [1.807, 2.05) is 37.3 Å². The summed E-state index contributed by atoms with van der Waals surface area (Å²) >= 11 is 5.35. The lowest BCUT2D eigenvalue weighted by atomic mass is 10.1. The van der Waals surface area contributed by atoms with E-state index in [0.29, 0.717) is 34.9 Å². The van der Waals surface area contributed by atoms with Crippen LogP contribution < -0.4 is 20.7 Å². The van der Waals surface area contributed by atoms with Crippen LogP contribution in [0.3, 0.4) is 0 Å². The molecule has 0 unspecified atom stereocenters. The molecule has 2 amide bonds. The summed E-state index contributed by atoms with van der Waals surface area (Å²) in [5.41, 5.74) is 3.27. The van der Waals surface area contributed by atoms with Gasteiger partial charge >= 0.3 is 0 Å². The predicted octanol–water partition coefficient (Wildman–Crippen LogP) is 6.33. The Morgan fingerprint density at radius 2 is 1.60 bits per heavy atom. The Morgan fingerprint density at radius 1 is 0.857 bits per heavy atom. The van der Waals surface area contributed by atoms with Crippen molar-refractivity contribution in [3.63, 3.8) is 0 Å². The third-order valence-corrected chi connectivity index (χ3v) is 5.59. The second kappa shape index (κ2) is 13.2. The van der Waals surface area contributed by atoms with Gasteiger partial charge in [0.1, 0.15) is 5.75 Å². The van der Waals surface area contributed by atoms with E-state index in [1.54, 1.807) is 42.5 Å². The highest BCUT2D eigenvalue weighted by atomic mass is 32.1. The number of carbonyl (C=O) groups is 2. The average Bonchev–Trinajstić information content (AvgIpc) is 2.86. The Hall–Kier alpha value is -3.71. The molecule has 3 rings (SSSR count). The molecule has 0 bridgehead atoms. The Labute approximate surface area is 212 Å². The van der Waals surface area contributed by atoms with Gasteiger partial charge in [-0.05, 0) is 73.6 Å². The molecule has 0 spiro atoms. The first-order valence-electron chi connectivity index (χ1n) is 11.8. The third-order valence-electron chi connectivity index (χ3n) is 5.38. The number of thiocarbonyl (C=S) groups is 1. The van der Waals surface area contributed by atoms with E-state index in [-0.39, 0.29) is 16.9 Å². The van der Waals surface area contributed by atoms with Gasteiger partial charge in [-0.3, -0.25) is 14.9 Å². The summed E-state index contributed by atoms with van der Waals surface area (Å²) in [6, 6.07) is 21.6. The van der Waals surface area contributed by atoms with Crippen molar-refractivity contribution in [1.29, 1.82) is 0 Å². The number of benzene rings is 3. The van der Waals surface area contributed by atoms with E-state index in [9.17, 15) is 9.59 Å². The number of aryl methyl sites for hydroxylation is 1. The first-order chi connectivity index (χ1) is 17.0.